The Morgan fingerprint density at radius 2 is 1.90 bits per heavy atom. The molecule has 1 amide bonds. The summed E-state index contributed by atoms with van der Waals surface area (Å²) in [6.45, 7) is 5.77. The van der Waals surface area contributed by atoms with Crippen molar-refractivity contribution in [3.8, 4) is 0 Å². The quantitative estimate of drug-likeness (QED) is 0.797. The molecule has 3 nitrogen and oxygen atoms in total. The fraction of sp³-hybridized carbons (Fsp3) is 0.200. The minimum absolute atomic E-state index is 0.204. The van der Waals surface area contributed by atoms with Gasteiger partial charge in [0.2, 0.25) is 0 Å². The highest BCUT2D eigenvalue weighted by molar-refractivity contribution is 9.10. The van der Waals surface area contributed by atoms with E-state index in [9.17, 15) is 4.79 Å². The van der Waals surface area contributed by atoms with Gasteiger partial charge in [0.15, 0.2) is 0 Å². The molecule has 0 radical (unpaired) electrons. The van der Waals surface area contributed by atoms with E-state index in [1.807, 2.05) is 26.0 Å². The third kappa shape index (κ3) is 3.38. The number of rotatable bonds is 2. The van der Waals surface area contributed by atoms with Crippen molar-refractivity contribution in [1.82, 2.24) is 4.98 Å². The molecule has 0 saturated carbocycles. The largest absolute Gasteiger partial charge is 0.321 e. The molecular weight excluding hydrogens is 340 g/mol. The van der Waals surface area contributed by atoms with Gasteiger partial charge in [-0.1, -0.05) is 17.7 Å². The normalized spacial score (nSPS) is 10.4. The molecule has 0 aliphatic carbocycles. The zero-order chi connectivity index (χ0) is 14.9. The summed E-state index contributed by atoms with van der Waals surface area (Å²) >= 11 is 9.35. The lowest BCUT2D eigenvalue weighted by Crippen LogP contribution is -2.14. The van der Waals surface area contributed by atoms with Crippen LogP contribution in [0, 0.1) is 20.8 Å². The maximum absolute atomic E-state index is 12.3. The molecule has 0 fully saturated rings. The van der Waals surface area contributed by atoms with Crippen molar-refractivity contribution in [1.29, 1.82) is 0 Å². The van der Waals surface area contributed by atoms with Crippen molar-refractivity contribution in [2.24, 2.45) is 0 Å². The van der Waals surface area contributed by atoms with Crippen molar-refractivity contribution in [2.45, 2.75) is 20.8 Å². The number of carbonyl (C=O) groups is 1. The van der Waals surface area contributed by atoms with Crippen LogP contribution in [-0.4, -0.2) is 10.9 Å². The Balaban J connectivity index is 2.32. The van der Waals surface area contributed by atoms with Gasteiger partial charge in [-0.15, -0.1) is 0 Å². The fourth-order valence-electron chi connectivity index (χ4n) is 2.02. The predicted molar refractivity (Wildman–Crippen MR) is 85.6 cm³/mol. The molecule has 0 atom stereocenters. The van der Waals surface area contributed by atoms with Crippen LogP contribution in [0.25, 0.3) is 0 Å². The van der Waals surface area contributed by atoms with Gasteiger partial charge in [0.25, 0.3) is 5.91 Å². The summed E-state index contributed by atoms with van der Waals surface area (Å²) in [6.07, 6.45) is 0. The Morgan fingerprint density at radius 1 is 1.20 bits per heavy atom. The number of anilines is 1. The van der Waals surface area contributed by atoms with Crippen molar-refractivity contribution in [3.05, 3.63) is 56.3 Å². The van der Waals surface area contributed by atoms with E-state index in [1.165, 1.54) is 0 Å². The number of benzene rings is 1. The summed E-state index contributed by atoms with van der Waals surface area (Å²) in [7, 11) is 0. The van der Waals surface area contributed by atoms with Gasteiger partial charge in [-0.05, 0) is 66.0 Å². The molecule has 0 aliphatic rings. The molecule has 5 heteroatoms. The average molecular weight is 354 g/mol. The van der Waals surface area contributed by atoms with E-state index in [-0.39, 0.29) is 5.91 Å². The van der Waals surface area contributed by atoms with Crippen LogP contribution in [0.3, 0.4) is 0 Å². The summed E-state index contributed by atoms with van der Waals surface area (Å²) in [4.78, 5) is 16.3. The first-order chi connectivity index (χ1) is 9.36. The van der Waals surface area contributed by atoms with Crippen LogP contribution < -0.4 is 5.32 Å². The Hall–Kier alpha value is -1.39. The molecule has 1 aromatic carbocycles. The van der Waals surface area contributed by atoms with Gasteiger partial charge in [0, 0.05) is 15.7 Å². The molecule has 2 aromatic rings. The number of carbonyl (C=O) groups excluding carboxylic acids is 1. The summed E-state index contributed by atoms with van der Waals surface area (Å²) in [5, 5.41) is 3.22. The van der Waals surface area contributed by atoms with Crippen molar-refractivity contribution in [2.75, 3.05) is 5.32 Å². The molecule has 1 N–H and O–H groups in total. The van der Waals surface area contributed by atoms with Crippen molar-refractivity contribution >= 4 is 39.1 Å². The number of halogens is 2. The van der Waals surface area contributed by atoms with Gasteiger partial charge in [0.05, 0.1) is 5.69 Å². The predicted octanol–water partition coefficient (Wildman–Crippen LogP) is 4.68. The summed E-state index contributed by atoms with van der Waals surface area (Å²) < 4.78 is 0.861. The van der Waals surface area contributed by atoms with Gasteiger partial charge < -0.3 is 5.32 Å². The first kappa shape index (κ1) is 15.0. The number of amides is 1. The third-order valence-corrected chi connectivity index (χ3v) is 3.67. The number of nitrogens with zero attached hydrogens (tertiary/aromatic N) is 1. The second-order valence-corrected chi connectivity index (χ2v) is 5.95. The Labute approximate surface area is 131 Å². The van der Waals surface area contributed by atoms with Gasteiger partial charge >= 0.3 is 0 Å². The zero-order valence-electron chi connectivity index (χ0n) is 11.4. The highest BCUT2D eigenvalue weighted by Crippen LogP contribution is 2.28. The van der Waals surface area contributed by atoms with Crippen molar-refractivity contribution < 1.29 is 4.79 Å². The van der Waals surface area contributed by atoms with E-state index >= 15 is 0 Å². The molecule has 0 unspecified atom stereocenters. The highest BCUT2D eigenvalue weighted by Gasteiger charge is 2.12. The average Bonchev–Trinajstić information content (AvgIpc) is 2.32. The molecule has 20 heavy (non-hydrogen) atoms. The molecular formula is C15H14BrClN2O. The van der Waals surface area contributed by atoms with E-state index < -0.39 is 0 Å². The lowest BCUT2D eigenvalue weighted by molar-refractivity contribution is 0.102. The number of aryl methyl sites for hydroxylation is 3. The Bertz CT molecular complexity index is 642. The van der Waals surface area contributed by atoms with Crippen LogP contribution in [0.1, 0.15) is 27.2 Å². The topological polar surface area (TPSA) is 42.0 Å². The van der Waals surface area contributed by atoms with Crippen LogP contribution in [0.15, 0.2) is 28.7 Å². The second kappa shape index (κ2) is 5.94. The lowest BCUT2D eigenvalue weighted by atomic mass is 10.1. The number of nitrogens with one attached hydrogen (secondary N) is 1. The lowest BCUT2D eigenvalue weighted by Gasteiger charge is -2.12. The maximum atomic E-state index is 12.3. The van der Waals surface area contributed by atoms with Crippen LogP contribution in [0.2, 0.25) is 5.15 Å². The first-order valence-corrected chi connectivity index (χ1v) is 7.26. The number of pyridine rings is 1. The number of hydrogen-bond donors (Lipinski definition) is 1. The van der Waals surface area contributed by atoms with Crippen LogP contribution in [-0.2, 0) is 0 Å². The number of hydrogen-bond acceptors (Lipinski definition) is 2. The van der Waals surface area contributed by atoms with Gasteiger partial charge in [-0.25, -0.2) is 4.98 Å². The van der Waals surface area contributed by atoms with Crippen LogP contribution >= 0.6 is 27.5 Å². The second-order valence-electron chi connectivity index (χ2n) is 4.71. The molecule has 0 aliphatic heterocycles. The van der Waals surface area contributed by atoms with Crippen molar-refractivity contribution in [3.63, 3.8) is 0 Å². The Morgan fingerprint density at radius 3 is 2.50 bits per heavy atom. The van der Waals surface area contributed by atoms with E-state index in [1.54, 1.807) is 19.1 Å². The first-order valence-electron chi connectivity index (χ1n) is 6.09. The van der Waals surface area contributed by atoms with E-state index in [0.29, 0.717) is 16.4 Å². The number of aromatic nitrogens is 1. The van der Waals surface area contributed by atoms with Gasteiger partial charge in [-0.2, -0.15) is 0 Å². The molecule has 2 rings (SSSR count). The summed E-state index contributed by atoms with van der Waals surface area (Å²) in [5.74, 6) is -0.204. The van der Waals surface area contributed by atoms with Crippen LogP contribution in [0.4, 0.5) is 5.69 Å². The maximum Gasteiger partial charge on any atom is 0.255 e. The molecule has 104 valence electrons. The minimum Gasteiger partial charge on any atom is -0.321 e. The zero-order valence-corrected chi connectivity index (χ0v) is 13.8. The minimum atomic E-state index is -0.204. The SMILES string of the molecule is Cc1cc(C)c(NC(=O)c2cc(C)nc(Cl)c2)c(Br)c1. The summed E-state index contributed by atoms with van der Waals surface area (Å²) in [6, 6.07) is 7.25. The van der Waals surface area contributed by atoms with E-state index in [0.717, 1.165) is 21.3 Å². The molecule has 0 saturated heterocycles. The third-order valence-electron chi connectivity index (χ3n) is 2.85. The molecule has 0 bridgehead atoms. The molecule has 1 aromatic heterocycles. The standard InChI is InChI=1S/C15H14BrClN2O/c1-8-4-9(2)14(12(16)5-8)19-15(20)11-6-10(3)18-13(17)7-11/h4-7H,1-3H3,(H,19,20). The highest BCUT2D eigenvalue weighted by atomic mass is 79.9. The summed E-state index contributed by atoms with van der Waals surface area (Å²) in [5.41, 5.74) is 4.11. The smallest absolute Gasteiger partial charge is 0.255 e. The van der Waals surface area contributed by atoms with Gasteiger partial charge in [-0.3, -0.25) is 4.79 Å². The monoisotopic (exact) mass is 352 g/mol. The van der Waals surface area contributed by atoms with E-state index in [2.05, 4.69) is 26.2 Å². The molecule has 0 spiro atoms. The van der Waals surface area contributed by atoms with E-state index in [4.69, 9.17) is 11.6 Å². The molecule has 1 heterocycles. The van der Waals surface area contributed by atoms with Crippen LogP contribution in [0.5, 0.6) is 0 Å². The fourth-order valence-corrected chi connectivity index (χ4v) is 3.04. The Kier molecular flexibility index (Phi) is 4.45. The van der Waals surface area contributed by atoms with Gasteiger partial charge in [0.1, 0.15) is 5.15 Å².